The molecule has 0 atom stereocenters. The molecule has 2 rings (SSSR count). The summed E-state index contributed by atoms with van der Waals surface area (Å²) in [7, 11) is 0. The summed E-state index contributed by atoms with van der Waals surface area (Å²) in [6, 6.07) is 5.99. The zero-order chi connectivity index (χ0) is 11.5. The lowest BCUT2D eigenvalue weighted by atomic mass is 10.4. The molecule has 0 aliphatic heterocycles. The van der Waals surface area contributed by atoms with Gasteiger partial charge in [-0.25, -0.2) is 18.4 Å². The average molecular weight is 223 g/mol. The molecule has 82 valence electrons. The zero-order valence-corrected chi connectivity index (χ0v) is 8.05. The molecule has 0 saturated heterocycles. The molecule has 0 N–H and O–H groups in total. The van der Waals surface area contributed by atoms with E-state index in [-0.39, 0.29) is 5.69 Å². The van der Waals surface area contributed by atoms with Crippen molar-refractivity contribution in [3.8, 4) is 5.82 Å². The first-order valence-electron chi connectivity index (χ1n) is 4.47. The van der Waals surface area contributed by atoms with Crippen molar-refractivity contribution in [3.05, 3.63) is 41.9 Å². The maximum absolute atomic E-state index is 12.4. The summed E-state index contributed by atoms with van der Waals surface area (Å²) in [5, 5.41) is 3.62. The Bertz CT molecular complexity index is 496. The Morgan fingerprint density at radius 1 is 1.38 bits per heavy atom. The van der Waals surface area contributed by atoms with Crippen molar-refractivity contribution >= 4 is 6.29 Å². The van der Waals surface area contributed by atoms with Crippen LogP contribution in [0.4, 0.5) is 8.78 Å². The van der Waals surface area contributed by atoms with Crippen LogP contribution in [0.1, 0.15) is 22.6 Å². The fraction of sp³-hybridized carbons (Fsp3) is 0.100. The molecule has 2 aromatic heterocycles. The van der Waals surface area contributed by atoms with Crippen LogP contribution in [-0.2, 0) is 0 Å². The Morgan fingerprint density at radius 2 is 2.19 bits per heavy atom. The Morgan fingerprint density at radius 3 is 2.75 bits per heavy atom. The number of nitrogens with zero attached hydrogens (tertiary/aromatic N) is 3. The minimum Gasteiger partial charge on any atom is -0.296 e. The quantitative estimate of drug-likeness (QED) is 0.748. The van der Waals surface area contributed by atoms with Gasteiger partial charge in [0.05, 0.1) is 0 Å². The van der Waals surface area contributed by atoms with E-state index in [1.54, 1.807) is 18.2 Å². The van der Waals surface area contributed by atoms with Crippen LogP contribution in [0.5, 0.6) is 0 Å². The molecule has 0 saturated carbocycles. The molecule has 0 bridgehead atoms. The van der Waals surface area contributed by atoms with Crippen LogP contribution in [0.25, 0.3) is 5.82 Å². The van der Waals surface area contributed by atoms with Crippen LogP contribution in [-0.4, -0.2) is 21.1 Å². The van der Waals surface area contributed by atoms with E-state index in [0.29, 0.717) is 12.1 Å². The summed E-state index contributed by atoms with van der Waals surface area (Å²) in [5.74, 6) is 0.330. The van der Waals surface area contributed by atoms with Gasteiger partial charge in [0, 0.05) is 6.20 Å². The largest absolute Gasteiger partial charge is 0.296 e. The molecule has 0 radical (unpaired) electrons. The number of aromatic nitrogens is 3. The van der Waals surface area contributed by atoms with Crippen LogP contribution in [0.3, 0.4) is 0 Å². The summed E-state index contributed by atoms with van der Waals surface area (Å²) >= 11 is 0. The lowest BCUT2D eigenvalue weighted by Crippen LogP contribution is -2.03. The molecule has 2 aromatic rings. The molecule has 0 aliphatic rings. The number of rotatable bonds is 3. The van der Waals surface area contributed by atoms with Crippen molar-refractivity contribution in [3.63, 3.8) is 0 Å². The van der Waals surface area contributed by atoms with Crippen LogP contribution in [0.15, 0.2) is 30.5 Å². The molecular formula is C10H7F2N3O. The van der Waals surface area contributed by atoms with Gasteiger partial charge < -0.3 is 0 Å². The van der Waals surface area contributed by atoms with Gasteiger partial charge in [0.15, 0.2) is 12.1 Å². The van der Waals surface area contributed by atoms with E-state index in [1.807, 2.05) is 0 Å². The van der Waals surface area contributed by atoms with E-state index in [2.05, 4.69) is 10.1 Å². The van der Waals surface area contributed by atoms with E-state index in [0.717, 1.165) is 10.7 Å². The number of hydrogen-bond acceptors (Lipinski definition) is 3. The Kier molecular flexibility index (Phi) is 2.72. The van der Waals surface area contributed by atoms with Gasteiger partial charge in [0.25, 0.3) is 6.43 Å². The third-order valence-corrected chi connectivity index (χ3v) is 1.97. The first kappa shape index (κ1) is 10.4. The zero-order valence-electron chi connectivity index (χ0n) is 8.05. The predicted octanol–water partition coefficient (Wildman–Crippen LogP) is 2.02. The Labute approximate surface area is 89.5 Å². The SMILES string of the molecule is O=Cc1cc(C(F)F)nn1-c1ccccn1. The molecule has 16 heavy (non-hydrogen) atoms. The molecule has 0 aliphatic carbocycles. The van der Waals surface area contributed by atoms with E-state index in [9.17, 15) is 13.6 Å². The number of pyridine rings is 1. The van der Waals surface area contributed by atoms with Gasteiger partial charge in [0.1, 0.15) is 11.4 Å². The summed E-state index contributed by atoms with van der Waals surface area (Å²) in [4.78, 5) is 14.6. The van der Waals surface area contributed by atoms with Crippen molar-refractivity contribution in [2.75, 3.05) is 0 Å². The number of hydrogen-bond donors (Lipinski definition) is 0. The van der Waals surface area contributed by atoms with Gasteiger partial charge in [-0.3, -0.25) is 4.79 Å². The van der Waals surface area contributed by atoms with Crippen molar-refractivity contribution in [2.45, 2.75) is 6.43 Å². The second kappa shape index (κ2) is 4.18. The first-order chi connectivity index (χ1) is 7.72. The average Bonchev–Trinajstić information content (AvgIpc) is 2.74. The molecular weight excluding hydrogens is 216 g/mol. The second-order valence-corrected chi connectivity index (χ2v) is 3.01. The van der Waals surface area contributed by atoms with Crippen LogP contribution in [0.2, 0.25) is 0 Å². The van der Waals surface area contributed by atoms with Gasteiger partial charge in [-0.15, -0.1) is 0 Å². The summed E-state index contributed by atoms with van der Waals surface area (Å²) in [6.07, 6.45) is -0.745. The number of alkyl halides is 2. The smallest absolute Gasteiger partial charge is 0.282 e. The third kappa shape index (κ3) is 1.81. The van der Waals surface area contributed by atoms with Crippen LogP contribution < -0.4 is 0 Å². The molecule has 0 fully saturated rings. The fourth-order valence-corrected chi connectivity index (χ4v) is 1.27. The second-order valence-electron chi connectivity index (χ2n) is 3.01. The van der Waals surface area contributed by atoms with E-state index < -0.39 is 12.1 Å². The molecule has 2 heterocycles. The van der Waals surface area contributed by atoms with Gasteiger partial charge >= 0.3 is 0 Å². The highest BCUT2D eigenvalue weighted by Crippen LogP contribution is 2.19. The summed E-state index contributed by atoms with van der Waals surface area (Å²) in [6.45, 7) is 0. The number of carbonyl (C=O) groups is 1. The maximum atomic E-state index is 12.4. The highest BCUT2D eigenvalue weighted by Gasteiger charge is 2.16. The van der Waals surface area contributed by atoms with Crippen molar-refractivity contribution in [1.82, 2.24) is 14.8 Å². The lowest BCUT2D eigenvalue weighted by Gasteiger charge is -2.00. The topological polar surface area (TPSA) is 47.8 Å². The van der Waals surface area contributed by atoms with Crippen molar-refractivity contribution in [1.29, 1.82) is 0 Å². The molecule has 4 nitrogen and oxygen atoms in total. The fourth-order valence-electron chi connectivity index (χ4n) is 1.27. The van der Waals surface area contributed by atoms with Gasteiger partial charge in [-0.05, 0) is 18.2 Å². The van der Waals surface area contributed by atoms with E-state index in [1.165, 1.54) is 6.20 Å². The lowest BCUT2D eigenvalue weighted by molar-refractivity contribution is 0.111. The highest BCUT2D eigenvalue weighted by atomic mass is 19.3. The normalized spacial score (nSPS) is 10.7. The summed E-state index contributed by atoms with van der Waals surface area (Å²) < 4.78 is 25.9. The first-order valence-corrected chi connectivity index (χ1v) is 4.47. The standard InChI is InChI=1S/C10H7F2N3O/c11-10(12)8-5-7(6-16)15(14-8)9-3-1-2-4-13-9/h1-6,10H. The van der Waals surface area contributed by atoms with Crippen LogP contribution in [0, 0.1) is 0 Å². The molecule has 0 unspecified atom stereocenters. The highest BCUT2D eigenvalue weighted by molar-refractivity contribution is 5.73. The minimum absolute atomic E-state index is 0.0500. The Hall–Kier alpha value is -2.11. The minimum atomic E-state index is -2.70. The molecule has 0 amide bonds. The Balaban J connectivity index is 2.52. The van der Waals surface area contributed by atoms with Crippen molar-refractivity contribution in [2.24, 2.45) is 0 Å². The van der Waals surface area contributed by atoms with Crippen molar-refractivity contribution < 1.29 is 13.6 Å². The third-order valence-electron chi connectivity index (χ3n) is 1.97. The number of aldehydes is 1. The summed E-state index contributed by atoms with van der Waals surface area (Å²) in [5.41, 5.74) is -0.387. The van der Waals surface area contributed by atoms with Gasteiger partial charge in [-0.1, -0.05) is 6.07 Å². The molecule has 0 spiro atoms. The van der Waals surface area contributed by atoms with E-state index >= 15 is 0 Å². The molecule has 0 aromatic carbocycles. The molecule has 6 heteroatoms. The van der Waals surface area contributed by atoms with Gasteiger partial charge in [-0.2, -0.15) is 5.10 Å². The number of carbonyl (C=O) groups excluding carboxylic acids is 1. The van der Waals surface area contributed by atoms with Crippen LogP contribution >= 0.6 is 0 Å². The van der Waals surface area contributed by atoms with E-state index in [4.69, 9.17) is 0 Å². The maximum Gasteiger partial charge on any atom is 0.282 e. The monoisotopic (exact) mass is 223 g/mol. The predicted molar refractivity (Wildman–Crippen MR) is 51.7 cm³/mol. The van der Waals surface area contributed by atoms with Gasteiger partial charge in [0.2, 0.25) is 0 Å². The number of halogens is 2.